The van der Waals surface area contributed by atoms with Gasteiger partial charge in [0.05, 0.1) is 16.9 Å². The van der Waals surface area contributed by atoms with Crippen molar-refractivity contribution in [1.82, 2.24) is 9.78 Å². The lowest BCUT2D eigenvalue weighted by Crippen LogP contribution is -2.05. The second-order valence-corrected chi connectivity index (χ2v) is 5.59. The van der Waals surface area contributed by atoms with E-state index in [1.165, 1.54) is 16.8 Å². The number of benzene rings is 1. The summed E-state index contributed by atoms with van der Waals surface area (Å²) in [5.41, 5.74) is 1.89. The zero-order valence-electron chi connectivity index (χ0n) is 11.3. The Morgan fingerprint density at radius 1 is 1.00 bits per heavy atom. The first-order valence-corrected chi connectivity index (χ1v) is 7.28. The molecule has 0 atom stereocenters. The molecule has 3 rings (SSSR count). The zero-order valence-corrected chi connectivity index (χ0v) is 12.0. The molecule has 0 bridgehead atoms. The van der Waals surface area contributed by atoms with E-state index < -0.39 is 11.7 Å². The van der Waals surface area contributed by atoms with E-state index in [4.69, 9.17) is 11.6 Å². The van der Waals surface area contributed by atoms with Crippen molar-refractivity contribution in [2.75, 3.05) is 0 Å². The average molecular weight is 315 g/mol. The van der Waals surface area contributed by atoms with E-state index in [-0.39, 0.29) is 0 Å². The molecule has 1 aromatic carbocycles. The number of rotatable bonds is 1. The second-order valence-electron chi connectivity index (χ2n) is 5.23. The molecule has 1 heterocycles. The molecule has 0 N–H and O–H groups in total. The van der Waals surface area contributed by atoms with Crippen molar-refractivity contribution in [3.8, 4) is 5.69 Å². The van der Waals surface area contributed by atoms with Gasteiger partial charge in [0.2, 0.25) is 0 Å². The number of hydrogen-bond donors (Lipinski definition) is 0. The maximum absolute atomic E-state index is 12.6. The van der Waals surface area contributed by atoms with Crippen molar-refractivity contribution in [3.05, 3.63) is 46.2 Å². The summed E-state index contributed by atoms with van der Waals surface area (Å²) in [5, 5.41) is 5.00. The summed E-state index contributed by atoms with van der Waals surface area (Å²) in [4.78, 5) is 0. The van der Waals surface area contributed by atoms with Gasteiger partial charge in [-0.2, -0.15) is 18.3 Å². The normalized spacial score (nSPS) is 15.6. The molecule has 1 aromatic heterocycles. The van der Waals surface area contributed by atoms with Crippen molar-refractivity contribution in [2.24, 2.45) is 0 Å². The average Bonchev–Trinajstić information content (AvgIpc) is 2.63. The van der Waals surface area contributed by atoms with Crippen LogP contribution in [0.3, 0.4) is 0 Å². The van der Waals surface area contributed by atoms with Gasteiger partial charge in [-0.1, -0.05) is 18.0 Å². The van der Waals surface area contributed by atoms with E-state index in [1.807, 2.05) is 0 Å². The predicted octanol–water partition coefficient (Wildman–Crippen LogP) is 4.81. The van der Waals surface area contributed by atoms with E-state index in [0.29, 0.717) is 10.8 Å². The van der Waals surface area contributed by atoms with E-state index >= 15 is 0 Å². The topological polar surface area (TPSA) is 17.8 Å². The zero-order chi connectivity index (χ0) is 15.0. The Kier molecular flexibility index (Phi) is 3.69. The molecule has 112 valence electrons. The monoisotopic (exact) mass is 314 g/mol. The van der Waals surface area contributed by atoms with Crippen LogP contribution in [-0.2, 0) is 19.0 Å². The fourth-order valence-corrected chi connectivity index (χ4v) is 2.99. The Hall–Kier alpha value is -1.49. The lowest BCUT2D eigenvalue weighted by atomic mass is 10.1. The molecule has 21 heavy (non-hydrogen) atoms. The van der Waals surface area contributed by atoms with Crippen LogP contribution >= 0.6 is 11.6 Å². The molecule has 0 radical (unpaired) electrons. The fraction of sp³-hybridized carbons (Fsp3) is 0.400. The molecule has 0 saturated carbocycles. The number of aryl methyl sites for hydroxylation is 1. The minimum absolute atomic E-state index is 0.520. The Morgan fingerprint density at radius 3 is 2.33 bits per heavy atom. The third-order valence-electron chi connectivity index (χ3n) is 3.78. The van der Waals surface area contributed by atoms with Crippen LogP contribution in [0.1, 0.15) is 36.1 Å². The van der Waals surface area contributed by atoms with E-state index in [9.17, 15) is 13.2 Å². The van der Waals surface area contributed by atoms with Crippen molar-refractivity contribution >= 4 is 11.6 Å². The maximum atomic E-state index is 12.6. The number of nitrogens with zero attached hydrogens (tertiary/aromatic N) is 2. The standard InChI is InChI=1S/C15H14ClF3N2/c16-14-12-4-2-1-3-5-13(12)20-21(14)11-8-6-10(7-9-11)15(17,18)19/h6-9H,1-5H2. The third kappa shape index (κ3) is 2.79. The van der Waals surface area contributed by atoms with Gasteiger partial charge in [-0.05, 0) is 49.9 Å². The first-order valence-electron chi connectivity index (χ1n) is 6.91. The second kappa shape index (κ2) is 5.37. The number of hydrogen-bond acceptors (Lipinski definition) is 1. The summed E-state index contributed by atoms with van der Waals surface area (Å²) in [7, 11) is 0. The molecule has 0 saturated heterocycles. The highest BCUT2D eigenvalue weighted by Crippen LogP contribution is 2.32. The molecule has 1 aliphatic carbocycles. The Morgan fingerprint density at radius 2 is 1.67 bits per heavy atom. The molecule has 2 aromatic rings. The van der Waals surface area contributed by atoms with Gasteiger partial charge in [0.15, 0.2) is 0 Å². The Labute approximate surface area is 125 Å². The van der Waals surface area contributed by atoms with Gasteiger partial charge in [-0.15, -0.1) is 0 Å². The molecule has 0 aliphatic heterocycles. The summed E-state index contributed by atoms with van der Waals surface area (Å²) in [6, 6.07) is 4.92. The SMILES string of the molecule is FC(F)(F)c1ccc(-n2nc3c(c2Cl)CCCCC3)cc1. The van der Waals surface area contributed by atoms with E-state index in [1.54, 1.807) is 0 Å². The molecule has 0 amide bonds. The molecular formula is C15H14ClF3N2. The van der Waals surface area contributed by atoms with Crippen molar-refractivity contribution < 1.29 is 13.2 Å². The molecule has 6 heteroatoms. The summed E-state index contributed by atoms with van der Waals surface area (Å²) in [5.74, 6) is 0. The predicted molar refractivity (Wildman–Crippen MR) is 74.8 cm³/mol. The van der Waals surface area contributed by atoms with Crippen molar-refractivity contribution in [3.63, 3.8) is 0 Å². The van der Waals surface area contributed by atoms with Crippen LogP contribution in [0.4, 0.5) is 13.2 Å². The molecule has 0 unspecified atom stereocenters. The van der Waals surface area contributed by atoms with E-state index in [2.05, 4.69) is 5.10 Å². The summed E-state index contributed by atoms with van der Waals surface area (Å²) < 4.78 is 39.3. The van der Waals surface area contributed by atoms with Crippen LogP contribution < -0.4 is 0 Å². The minimum atomic E-state index is -4.33. The quantitative estimate of drug-likeness (QED) is 0.690. The third-order valence-corrected chi connectivity index (χ3v) is 4.17. The van der Waals surface area contributed by atoms with Gasteiger partial charge >= 0.3 is 6.18 Å². The lowest BCUT2D eigenvalue weighted by Gasteiger charge is -2.08. The van der Waals surface area contributed by atoms with Crippen LogP contribution in [0.25, 0.3) is 5.69 Å². The van der Waals surface area contributed by atoms with Crippen LogP contribution in [0.2, 0.25) is 5.15 Å². The number of alkyl halides is 3. The van der Waals surface area contributed by atoms with Gasteiger partial charge in [0.25, 0.3) is 0 Å². The van der Waals surface area contributed by atoms with Crippen molar-refractivity contribution in [1.29, 1.82) is 0 Å². The Balaban J connectivity index is 1.97. The lowest BCUT2D eigenvalue weighted by molar-refractivity contribution is -0.137. The van der Waals surface area contributed by atoms with Gasteiger partial charge in [-0.3, -0.25) is 0 Å². The highest BCUT2D eigenvalue weighted by Gasteiger charge is 2.30. The molecule has 0 spiro atoms. The fourth-order valence-electron chi connectivity index (χ4n) is 2.65. The molecule has 0 fully saturated rings. The summed E-state index contributed by atoms with van der Waals surface area (Å²) in [6.07, 6.45) is 0.743. The molecule has 2 nitrogen and oxygen atoms in total. The van der Waals surface area contributed by atoms with Gasteiger partial charge in [0.1, 0.15) is 5.15 Å². The first-order chi connectivity index (χ1) is 9.97. The Bertz CT molecular complexity index is 644. The summed E-state index contributed by atoms with van der Waals surface area (Å²) in [6.45, 7) is 0. The highest BCUT2D eigenvalue weighted by atomic mass is 35.5. The number of halogens is 4. The largest absolute Gasteiger partial charge is 0.416 e. The maximum Gasteiger partial charge on any atom is 0.416 e. The number of aromatic nitrogens is 2. The van der Waals surface area contributed by atoms with Gasteiger partial charge in [-0.25, -0.2) is 4.68 Å². The smallest absolute Gasteiger partial charge is 0.222 e. The van der Waals surface area contributed by atoms with Crippen LogP contribution in [0.5, 0.6) is 0 Å². The first kappa shape index (κ1) is 14.4. The van der Waals surface area contributed by atoms with Gasteiger partial charge < -0.3 is 0 Å². The molecule has 1 aliphatic rings. The number of fused-ring (bicyclic) bond motifs is 1. The van der Waals surface area contributed by atoms with Crippen LogP contribution in [0, 0.1) is 0 Å². The molecular weight excluding hydrogens is 301 g/mol. The van der Waals surface area contributed by atoms with Crippen molar-refractivity contribution in [2.45, 2.75) is 38.3 Å². The minimum Gasteiger partial charge on any atom is -0.222 e. The van der Waals surface area contributed by atoms with E-state index in [0.717, 1.165) is 55.5 Å². The van der Waals surface area contributed by atoms with Crippen LogP contribution in [-0.4, -0.2) is 9.78 Å². The van der Waals surface area contributed by atoms with Gasteiger partial charge in [0, 0.05) is 5.56 Å². The summed E-state index contributed by atoms with van der Waals surface area (Å²) >= 11 is 6.36. The van der Waals surface area contributed by atoms with Crippen LogP contribution in [0.15, 0.2) is 24.3 Å². The highest BCUT2D eigenvalue weighted by molar-refractivity contribution is 6.30.